The highest BCUT2D eigenvalue weighted by Gasteiger charge is 2.10. The largest absolute Gasteiger partial charge is 0.493 e. The number of methoxy groups -OCH3 is 2. The normalized spacial score (nSPS) is 10.8. The van der Waals surface area contributed by atoms with Gasteiger partial charge in [-0.05, 0) is 41.6 Å². The Balaban J connectivity index is 2.06. The predicted molar refractivity (Wildman–Crippen MR) is 107 cm³/mol. The highest BCUT2D eigenvalue weighted by molar-refractivity contribution is 7.99. The number of rotatable bonds is 8. The zero-order valence-electron chi connectivity index (χ0n) is 14.9. The number of hydrogen-bond acceptors (Lipinski definition) is 5. The zero-order valence-corrected chi connectivity index (χ0v) is 16.5. The lowest BCUT2D eigenvalue weighted by Crippen LogP contribution is -2.20. The molecule has 0 aliphatic carbocycles. The molecule has 0 spiro atoms. The van der Waals surface area contributed by atoms with Crippen molar-refractivity contribution in [3.63, 3.8) is 0 Å². The van der Waals surface area contributed by atoms with E-state index in [4.69, 9.17) is 21.1 Å². The first-order valence-corrected chi connectivity index (χ1v) is 9.39. The maximum Gasteiger partial charge on any atom is 0.244 e. The van der Waals surface area contributed by atoms with Crippen LogP contribution in [0.4, 0.5) is 0 Å². The molecular formula is C19H21ClN2O3S. The van der Waals surface area contributed by atoms with Gasteiger partial charge in [0.25, 0.3) is 0 Å². The molecule has 2 rings (SSSR count). The van der Waals surface area contributed by atoms with Gasteiger partial charge in [-0.2, -0.15) is 5.10 Å². The summed E-state index contributed by atoms with van der Waals surface area (Å²) in [5, 5.41) is 4.63. The number of carbonyl (C=O) groups excluding carboxylic acids is 1. The molecule has 0 radical (unpaired) electrons. The number of halogens is 1. The molecule has 0 atom stereocenters. The summed E-state index contributed by atoms with van der Waals surface area (Å²) >= 11 is 7.73. The van der Waals surface area contributed by atoms with Crippen LogP contribution < -0.4 is 14.9 Å². The average Bonchev–Trinajstić information content (AvgIpc) is 2.63. The quantitative estimate of drug-likeness (QED) is 0.416. The van der Waals surface area contributed by atoms with Crippen LogP contribution in [0, 0.1) is 0 Å². The van der Waals surface area contributed by atoms with Crippen LogP contribution in [0.1, 0.15) is 18.1 Å². The Morgan fingerprint density at radius 2 is 2.08 bits per heavy atom. The third-order valence-electron chi connectivity index (χ3n) is 3.50. The number of ether oxygens (including phenoxy) is 2. The van der Waals surface area contributed by atoms with E-state index in [1.165, 1.54) is 6.21 Å². The van der Waals surface area contributed by atoms with E-state index in [9.17, 15) is 4.79 Å². The summed E-state index contributed by atoms with van der Waals surface area (Å²) in [5.41, 5.74) is 4.13. The standard InChI is InChI=1S/C19H21ClN2O3S/c1-4-26-17-9-8-15(20)10-14(17)11-18(23)22-21-12-13-6-5-7-16(24-2)19(13)25-3/h5-10,12H,4,11H2,1-3H3,(H,22,23)/b21-12-. The average molecular weight is 393 g/mol. The number of para-hydroxylation sites is 1. The van der Waals surface area contributed by atoms with E-state index < -0.39 is 0 Å². The highest BCUT2D eigenvalue weighted by atomic mass is 35.5. The van der Waals surface area contributed by atoms with Crippen LogP contribution in [0.5, 0.6) is 11.5 Å². The third kappa shape index (κ3) is 5.41. The van der Waals surface area contributed by atoms with Gasteiger partial charge in [-0.15, -0.1) is 11.8 Å². The molecule has 0 fully saturated rings. The Bertz CT molecular complexity index is 796. The SMILES string of the molecule is CCSc1ccc(Cl)cc1CC(=O)N/N=C\c1cccc(OC)c1OC. The summed E-state index contributed by atoms with van der Waals surface area (Å²) in [5.74, 6) is 1.86. The Morgan fingerprint density at radius 3 is 2.77 bits per heavy atom. The Hall–Kier alpha value is -2.18. The van der Waals surface area contributed by atoms with Crippen LogP contribution in [0.3, 0.4) is 0 Å². The van der Waals surface area contributed by atoms with Gasteiger partial charge in [-0.25, -0.2) is 5.43 Å². The monoisotopic (exact) mass is 392 g/mol. The summed E-state index contributed by atoms with van der Waals surface area (Å²) in [6.07, 6.45) is 1.73. The van der Waals surface area contributed by atoms with Crippen molar-refractivity contribution in [3.8, 4) is 11.5 Å². The number of nitrogens with one attached hydrogen (secondary N) is 1. The molecule has 138 valence electrons. The van der Waals surface area contributed by atoms with E-state index in [1.54, 1.807) is 32.0 Å². The van der Waals surface area contributed by atoms with Crippen molar-refractivity contribution >= 4 is 35.5 Å². The van der Waals surface area contributed by atoms with Crippen molar-refractivity contribution < 1.29 is 14.3 Å². The maximum absolute atomic E-state index is 12.2. The molecule has 0 aliphatic rings. The van der Waals surface area contributed by atoms with Crippen LogP contribution in [0.15, 0.2) is 46.4 Å². The van der Waals surface area contributed by atoms with Crippen LogP contribution in [0.2, 0.25) is 5.02 Å². The molecule has 0 heterocycles. The topological polar surface area (TPSA) is 59.9 Å². The van der Waals surface area contributed by atoms with E-state index in [2.05, 4.69) is 17.5 Å². The van der Waals surface area contributed by atoms with E-state index in [-0.39, 0.29) is 12.3 Å². The predicted octanol–water partition coefficient (Wildman–Crippen LogP) is 4.16. The molecule has 0 saturated heterocycles. The molecule has 1 amide bonds. The molecule has 0 unspecified atom stereocenters. The highest BCUT2D eigenvalue weighted by Crippen LogP contribution is 2.29. The molecule has 2 aromatic rings. The first-order valence-electron chi connectivity index (χ1n) is 8.03. The van der Waals surface area contributed by atoms with Gasteiger partial charge in [0.2, 0.25) is 5.91 Å². The lowest BCUT2D eigenvalue weighted by Gasteiger charge is -2.10. The van der Waals surface area contributed by atoms with Gasteiger partial charge in [0.15, 0.2) is 11.5 Å². The summed E-state index contributed by atoms with van der Waals surface area (Å²) in [7, 11) is 3.12. The van der Waals surface area contributed by atoms with Gasteiger partial charge < -0.3 is 9.47 Å². The minimum absolute atomic E-state index is 0.204. The molecule has 5 nitrogen and oxygen atoms in total. The molecule has 1 N–H and O–H groups in total. The number of benzene rings is 2. The smallest absolute Gasteiger partial charge is 0.244 e. The van der Waals surface area contributed by atoms with Gasteiger partial charge in [0.1, 0.15) is 0 Å². The van der Waals surface area contributed by atoms with Gasteiger partial charge in [-0.3, -0.25) is 4.79 Å². The lowest BCUT2D eigenvalue weighted by molar-refractivity contribution is -0.120. The fraction of sp³-hybridized carbons (Fsp3) is 0.263. The van der Waals surface area contributed by atoms with Crippen molar-refractivity contribution in [1.82, 2.24) is 5.43 Å². The van der Waals surface area contributed by atoms with Crippen molar-refractivity contribution in [1.29, 1.82) is 0 Å². The molecule has 0 aromatic heterocycles. The van der Waals surface area contributed by atoms with E-state index in [0.717, 1.165) is 16.2 Å². The van der Waals surface area contributed by atoms with Gasteiger partial charge in [0.05, 0.1) is 26.9 Å². The van der Waals surface area contributed by atoms with Crippen LogP contribution in [-0.2, 0) is 11.2 Å². The van der Waals surface area contributed by atoms with Gasteiger partial charge in [-0.1, -0.05) is 24.6 Å². The van der Waals surface area contributed by atoms with Gasteiger partial charge >= 0.3 is 0 Å². The fourth-order valence-corrected chi connectivity index (χ4v) is 3.37. The maximum atomic E-state index is 12.2. The second-order valence-electron chi connectivity index (χ2n) is 5.24. The van der Waals surface area contributed by atoms with Crippen LogP contribution >= 0.6 is 23.4 Å². The Kier molecular flexibility index (Phi) is 7.81. The number of amides is 1. The second kappa shape index (κ2) is 10.1. The number of hydrazone groups is 1. The molecule has 2 aromatic carbocycles. The van der Waals surface area contributed by atoms with E-state index >= 15 is 0 Å². The van der Waals surface area contributed by atoms with E-state index in [0.29, 0.717) is 22.1 Å². The second-order valence-corrected chi connectivity index (χ2v) is 6.98. The van der Waals surface area contributed by atoms with Crippen LogP contribution in [-0.4, -0.2) is 32.1 Å². The Labute approximate surface area is 162 Å². The molecule has 26 heavy (non-hydrogen) atoms. The number of nitrogens with zero attached hydrogens (tertiary/aromatic N) is 1. The van der Waals surface area contributed by atoms with Crippen molar-refractivity contribution in [3.05, 3.63) is 52.5 Å². The summed E-state index contributed by atoms with van der Waals surface area (Å²) < 4.78 is 10.6. The molecule has 0 saturated carbocycles. The molecular weight excluding hydrogens is 372 g/mol. The summed E-state index contributed by atoms with van der Waals surface area (Å²) in [6.45, 7) is 2.06. The zero-order chi connectivity index (χ0) is 18.9. The summed E-state index contributed by atoms with van der Waals surface area (Å²) in [4.78, 5) is 13.3. The van der Waals surface area contributed by atoms with Crippen molar-refractivity contribution in [2.45, 2.75) is 18.2 Å². The van der Waals surface area contributed by atoms with Gasteiger partial charge in [0, 0.05) is 15.5 Å². The molecule has 0 aliphatic heterocycles. The molecule has 7 heteroatoms. The van der Waals surface area contributed by atoms with Crippen molar-refractivity contribution in [2.24, 2.45) is 5.10 Å². The first kappa shape index (κ1) is 20.1. The van der Waals surface area contributed by atoms with Crippen LogP contribution in [0.25, 0.3) is 0 Å². The minimum atomic E-state index is -0.219. The van der Waals surface area contributed by atoms with E-state index in [1.807, 2.05) is 30.3 Å². The van der Waals surface area contributed by atoms with Crippen molar-refractivity contribution in [2.75, 3.05) is 20.0 Å². The first-order chi connectivity index (χ1) is 12.6. The lowest BCUT2D eigenvalue weighted by atomic mass is 10.1. The number of carbonyl (C=O) groups is 1. The molecule has 0 bridgehead atoms. The summed E-state index contributed by atoms with van der Waals surface area (Å²) in [6, 6.07) is 11.0. The minimum Gasteiger partial charge on any atom is -0.493 e. The Morgan fingerprint density at radius 1 is 1.27 bits per heavy atom. The number of hydrogen-bond donors (Lipinski definition) is 1. The third-order valence-corrected chi connectivity index (χ3v) is 4.73. The fourth-order valence-electron chi connectivity index (χ4n) is 2.38. The number of thioether (sulfide) groups is 1.